The molecule has 3 rings (SSSR count). The molecule has 140 valence electrons. The number of amides is 1. The summed E-state index contributed by atoms with van der Waals surface area (Å²) in [4.78, 5) is 14.6. The molecule has 1 aromatic carbocycles. The largest absolute Gasteiger partial charge is 0.465 e. The van der Waals surface area contributed by atoms with Gasteiger partial charge in [-0.1, -0.05) is 30.3 Å². The van der Waals surface area contributed by atoms with Crippen LogP contribution in [0.4, 0.5) is 0 Å². The normalized spacial score (nSPS) is 20.5. The lowest BCUT2D eigenvalue weighted by Crippen LogP contribution is -2.58. The fourth-order valence-corrected chi connectivity index (χ4v) is 3.53. The second kappa shape index (κ2) is 8.52. The van der Waals surface area contributed by atoms with Crippen molar-refractivity contribution < 1.29 is 14.3 Å². The molecule has 0 aliphatic carbocycles. The van der Waals surface area contributed by atoms with Crippen LogP contribution in [0.2, 0.25) is 0 Å². The summed E-state index contributed by atoms with van der Waals surface area (Å²) in [6.07, 6.45) is 3.18. The van der Waals surface area contributed by atoms with Crippen molar-refractivity contribution in [2.75, 3.05) is 19.6 Å². The molecule has 0 radical (unpaired) electrons. The summed E-state index contributed by atoms with van der Waals surface area (Å²) in [6.45, 7) is 4.08. The molecule has 1 atom stereocenters. The monoisotopic (exact) mass is 356 g/mol. The average molecular weight is 356 g/mol. The van der Waals surface area contributed by atoms with Gasteiger partial charge in [0.2, 0.25) is 0 Å². The van der Waals surface area contributed by atoms with Gasteiger partial charge in [-0.05, 0) is 50.3 Å². The van der Waals surface area contributed by atoms with E-state index in [0.717, 1.165) is 37.3 Å². The van der Waals surface area contributed by atoms with E-state index >= 15 is 0 Å². The number of rotatable bonds is 8. The summed E-state index contributed by atoms with van der Waals surface area (Å²) in [5, 5.41) is 14.0. The summed E-state index contributed by atoms with van der Waals surface area (Å²) < 4.78 is 5.51. The van der Waals surface area contributed by atoms with Gasteiger partial charge in [0, 0.05) is 19.6 Å². The van der Waals surface area contributed by atoms with Gasteiger partial charge in [-0.25, -0.2) is 0 Å². The Bertz CT molecular complexity index is 713. The summed E-state index contributed by atoms with van der Waals surface area (Å²) in [5.41, 5.74) is -0.0327. The van der Waals surface area contributed by atoms with Crippen LogP contribution in [-0.2, 0) is 17.8 Å². The number of nitrogens with one attached hydrogen (secondary N) is 1. The molecule has 26 heavy (non-hydrogen) atoms. The van der Waals surface area contributed by atoms with E-state index < -0.39 is 5.60 Å². The van der Waals surface area contributed by atoms with Crippen molar-refractivity contribution in [1.82, 2.24) is 10.2 Å². The van der Waals surface area contributed by atoms with Crippen molar-refractivity contribution in [3.8, 4) is 0 Å². The van der Waals surface area contributed by atoms with Gasteiger partial charge in [0.05, 0.1) is 6.54 Å². The zero-order chi connectivity index (χ0) is 18.4. The third kappa shape index (κ3) is 4.74. The highest BCUT2D eigenvalue weighted by atomic mass is 16.3. The van der Waals surface area contributed by atoms with Crippen LogP contribution in [0.3, 0.4) is 0 Å². The molecule has 1 fully saturated rings. The molecule has 0 spiro atoms. The molecule has 2 aromatic rings. The summed E-state index contributed by atoms with van der Waals surface area (Å²) in [5.74, 6) is 1.52. The minimum Gasteiger partial charge on any atom is -0.465 e. The van der Waals surface area contributed by atoms with Crippen molar-refractivity contribution >= 4 is 5.91 Å². The molecule has 1 aliphatic heterocycles. The smallest absolute Gasteiger partial charge is 0.255 e. The van der Waals surface area contributed by atoms with Crippen molar-refractivity contribution in [2.45, 2.75) is 44.8 Å². The van der Waals surface area contributed by atoms with E-state index in [1.807, 2.05) is 42.2 Å². The Morgan fingerprint density at radius 2 is 2.04 bits per heavy atom. The van der Waals surface area contributed by atoms with Crippen molar-refractivity contribution in [1.29, 1.82) is 0 Å². The zero-order valence-corrected chi connectivity index (χ0v) is 15.4. The van der Waals surface area contributed by atoms with Gasteiger partial charge in [0.25, 0.3) is 5.91 Å². The summed E-state index contributed by atoms with van der Waals surface area (Å²) >= 11 is 0. The average Bonchev–Trinajstić information content (AvgIpc) is 3.05. The molecular formula is C21H28N2O3. The first-order chi connectivity index (χ1) is 12.6. The molecule has 0 bridgehead atoms. The van der Waals surface area contributed by atoms with Crippen LogP contribution in [-0.4, -0.2) is 41.1 Å². The first-order valence-electron chi connectivity index (χ1n) is 9.38. The number of hydrogen-bond acceptors (Lipinski definition) is 4. The topological polar surface area (TPSA) is 65.7 Å². The number of benzene rings is 1. The molecular weight excluding hydrogens is 328 g/mol. The minimum absolute atomic E-state index is 0.153. The number of furan rings is 1. The number of hydrogen-bond donors (Lipinski definition) is 2. The molecule has 2 heterocycles. The van der Waals surface area contributed by atoms with Crippen LogP contribution in [0.25, 0.3) is 0 Å². The van der Waals surface area contributed by atoms with Crippen LogP contribution in [0, 0.1) is 6.92 Å². The van der Waals surface area contributed by atoms with E-state index in [9.17, 15) is 9.90 Å². The van der Waals surface area contributed by atoms with E-state index in [0.29, 0.717) is 19.5 Å². The maximum absolute atomic E-state index is 12.7. The molecule has 5 heteroatoms. The fraction of sp³-hybridized carbons (Fsp3) is 0.476. The van der Waals surface area contributed by atoms with Crippen LogP contribution in [0.5, 0.6) is 0 Å². The Hall–Kier alpha value is -2.11. The molecule has 1 amide bonds. The minimum atomic E-state index is -1.31. The van der Waals surface area contributed by atoms with Gasteiger partial charge in [-0.2, -0.15) is 0 Å². The third-order valence-corrected chi connectivity index (χ3v) is 4.95. The number of carbonyl (C=O) groups is 1. The molecule has 1 saturated heterocycles. The van der Waals surface area contributed by atoms with Gasteiger partial charge in [-0.3, -0.25) is 4.79 Å². The lowest BCUT2D eigenvalue weighted by Gasteiger charge is -2.38. The number of aliphatic hydroxyl groups is 1. The first kappa shape index (κ1) is 18.7. The van der Waals surface area contributed by atoms with Crippen molar-refractivity contribution in [3.05, 3.63) is 59.5 Å². The SMILES string of the molecule is Cc1ccc(CNC[C@@]2(O)CCCN(CCCc3ccccc3)C2=O)o1. The Kier molecular flexibility index (Phi) is 6.12. The summed E-state index contributed by atoms with van der Waals surface area (Å²) in [6, 6.07) is 14.1. The quantitative estimate of drug-likeness (QED) is 0.763. The molecule has 0 saturated carbocycles. The van der Waals surface area contributed by atoms with Crippen LogP contribution >= 0.6 is 0 Å². The molecule has 2 N–H and O–H groups in total. The highest BCUT2D eigenvalue weighted by Crippen LogP contribution is 2.23. The van der Waals surface area contributed by atoms with Crippen LogP contribution < -0.4 is 5.32 Å². The summed E-state index contributed by atoms with van der Waals surface area (Å²) in [7, 11) is 0. The Morgan fingerprint density at radius 3 is 2.77 bits per heavy atom. The maximum atomic E-state index is 12.7. The highest BCUT2D eigenvalue weighted by molar-refractivity contribution is 5.86. The predicted octanol–water partition coefficient (Wildman–Crippen LogP) is 2.66. The predicted molar refractivity (Wildman–Crippen MR) is 101 cm³/mol. The van der Waals surface area contributed by atoms with Gasteiger partial charge in [-0.15, -0.1) is 0 Å². The number of aryl methyl sites for hydroxylation is 2. The lowest BCUT2D eigenvalue weighted by atomic mass is 9.91. The second-order valence-corrected chi connectivity index (χ2v) is 7.13. The molecule has 5 nitrogen and oxygen atoms in total. The Morgan fingerprint density at radius 1 is 1.23 bits per heavy atom. The van der Waals surface area contributed by atoms with E-state index in [1.165, 1.54) is 5.56 Å². The number of likely N-dealkylation sites (tertiary alicyclic amines) is 1. The standard InChI is InChI=1S/C21H28N2O3/c1-17-10-11-19(26-17)15-22-16-21(25)12-6-14-23(20(21)24)13-5-9-18-7-3-2-4-8-18/h2-4,7-8,10-11,22,25H,5-6,9,12-16H2,1H3/t21-/m0/s1. The number of nitrogens with zero attached hydrogens (tertiary/aromatic N) is 1. The van der Waals surface area contributed by atoms with Crippen molar-refractivity contribution in [3.63, 3.8) is 0 Å². The van der Waals surface area contributed by atoms with Crippen molar-refractivity contribution in [2.24, 2.45) is 0 Å². The zero-order valence-electron chi connectivity index (χ0n) is 15.4. The van der Waals surface area contributed by atoms with E-state index in [1.54, 1.807) is 0 Å². The van der Waals surface area contributed by atoms with Gasteiger partial charge >= 0.3 is 0 Å². The van der Waals surface area contributed by atoms with E-state index in [2.05, 4.69) is 17.4 Å². The molecule has 1 aliphatic rings. The van der Waals surface area contributed by atoms with Gasteiger partial charge < -0.3 is 19.7 Å². The Balaban J connectivity index is 1.47. The van der Waals surface area contributed by atoms with E-state index in [-0.39, 0.29) is 12.5 Å². The second-order valence-electron chi connectivity index (χ2n) is 7.13. The number of piperidine rings is 1. The van der Waals surface area contributed by atoms with Gasteiger partial charge in [0.15, 0.2) is 5.60 Å². The molecule has 1 aromatic heterocycles. The third-order valence-electron chi connectivity index (χ3n) is 4.95. The van der Waals surface area contributed by atoms with Crippen LogP contribution in [0.15, 0.2) is 46.9 Å². The molecule has 0 unspecified atom stereocenters. The fourth-order valence-electron chi connectivity index (χ4n) is 3.53. The first-order valence-corrected chi connectivity index (χ1v) is 9.38. The number of carbonyl (C=O) groups excluding carboxylic acids is 1. The highest BCUT2D eigenvalue weighted by Gasteiger charge is 2.41. The maximum Gasteiger partial charge on any atom is 0.255 e. The van der Waals surface area contributed by atoms with E-state index in [4.69, 9.17) is 4.42 Å². The van der Waals surface area contributed by atoms with Crippen LogP contribution in [0.1, 0.15) is 36.3 Å². The van der Waals surface area contributed by atoms with Gasteiger partial charge in [0.1, 0.15) is 11.5 Å². The lowest BCUT2D eigenvalue weighted by molar-refractivity contribution is -0.156. The Labute approximate surface area is 155 Å².